The van der Waals surface area contributed by atoms with Crippen LogP contribution in [0.3, 0.4) is 0 Å². The maximum absolute atomic E-state index is 13.8. The van der Waals surface area contributed by atoms with Gasteiger partial charge in [-0.3, -0.25) is 20.0 Å². The summed E-state index contributed by atoms with van der Waals surface area (Å²) in [6.45, 7) is 6.72. The van der Waals surface area contributed by atoms with Crippen LogP contribution in [0.2, 0.25) is 0 Å². The molecule has 0 radical (unpaired) electrons. The molecular weight excluding hydrogens is 789 g/mol. The Morgan fingerprint density at radius 1 is 0.667 bits per heavy atom. The van der Waals surface area contributed by atoms with E-state index in [1.165, 1.54) is 84.5 Å². The second-order valence-electron chi connectivity index (χ2n) is 13.3. The van der Waals surface area contributed by atoms with Gasteiger partial charge in [0, 0.05) is 12.4 Å². The molecule has 57 heavy (non-hydrogen) atoms. The molecule has 2 aromatic heterocycles. The number of carbonyl (C=O) groups excluding carboxylic acids is 2. The monoisotopic (exact) mass is 836 g/mol. The third kappa shape index (κ3) is 11.1. The van der Waals surface area contributed by atoms with Crippen LogP contribution in [0.1, 0.15) is 39.1 Å². The number of amides is 2. The standard InChI is InChI=1S/C34H48N10O11S2/c1-23(2)31(33(45)37-47)43(56(49,50)29-11-7-27(53-5)8-12-29)21-25-19-41(39-35-25)15-17-55-18-16-42-20-26(36-40-42)22-44(32(24(3)4)34(46)38-48)57(51,52)30-13-9-28(54-6)10-14-30/h7-14,19-20,23-24,31-32,47-48H,15-18,21-22H2,1-6H3,(H,37,45)(H,38,46)/t31-,32+. The molecule has 23 heteroatoms. The SMILES string of the molecule is COc1ccc(S(=O)(=O)N(Cc2cn(CCOCCn3cc(CN([C@@H](C(=O)NO)C(C)C)S(=O)(=O)c4ccc(OC)cc4)nn3)nn2)[C@H](C(=O)NO)C(C)C)cc1. The number of hydrogen-bond acceptors (Lipinski definition) is 15. The zero-order valence-electron chi connectivity index (χ0n) is 32.3. The fourth-order valence-corrected chi connectivity index (χ4v) is 9.26. The van der Waals surface area contributed by atoms with Gasteiger partial charge in [-0.15, -0.1) is 10.2 Å². The molecule has 21 nitrogen and oxygen atoms in total. The number of rotatable bonds is 22. The summed E-state index contributed by atoms with van der Waals surface area (Å²) in [5, 5.41) is 35.2. The van der Waals surface area contributed by atoms with Gasteiger partial charge in [-0.25, -0.2) is 37.2 Å². The van der Waals surface area contributed by atoms with Crippen LogP contribution >= 0.6 is 0 Å². The molecule has 0 fully saturated rings. The van der Waals surface area contributed by atoms with E-state index in [0.717, 1.165) is 8.61 Å². The van der Waals surface area contributed by atoms with E-state index < -0.39 is 55.8 Å². The normalized spacial score (nSPS) is 13.3. The van der Waals surface area contributed by atoms with Gasteiger partial charge >= 0.3 is 0 Å². The first kappa shape index (κ1) is 44.7. The van der Waals surface area contributed by atoms with Crippen LogP contribution in [0.4, 0.5) is 0 Å². The van der Waals surface area contributed by atoms with E-state index in [1.54, 1.807) is 38.7 Å². The van der Waals surface area contributed by atoms with E-state index in [4.69, 9.17) is 14.2 Å². The second kappa shape index (κ2) is 19.9. The summed E-state index contributed by atoms with van der Waals surface area (Å²) in [6, 6.07) is 8.77. The Morgan fingerprint density at radius 3 is 1.32 bits per heavy atom. The lowest BCUT2D eigenvalue weighted by atomic mass is 10.0. The van der Waals surface area contributed by atoms with Gasteiger partial charge in [0.1, 0.15) is 23.6 Å². The largest absolute Gasteiger partial charge is 0.497 e. The summed E-state index contributed by atoms with van der Waals surface area (Å²) in [5.41, 5.74) is 3.60. The Balaban J connectivity index is 1.39. The van der Waals surface area contributed by atoms with Crippen molar-refractivity contribution in [3.8, 4) is 11.5 Å². The van der Waals surface area contributed by atoms with Crippen molar-refractivity contribution in [2.75, 3.05) is 27.4 Å². The van der Waals surface area contributed by atoms with Crippen LogP contribution < -0.4 is 20.4 Å². The lowest BCUT2D eigenvalue weighted by molar-refractivity contribution is -0.135. The van der Waals surface area contributed by atoms with E-state index in [2.05, 4.69) is 20.6 Å². The van der Waals surface area contributed by atoms with Crippen LogP contribution in [0.5, 0.6) is 11.5 Å². The van der Waals surface area contributed by atoms with Crippen molar-refractivity contribution in [2.45, 2.75) is 75.7 Å². The second-order valence-corrected chi connectivity index (χ2v) is 17.1. The molecule has 2 aromatic carbocycles. The van der Waals surface area contributed by atoms with Crippen LogP contribution in [0.25, 0.3) is 0 Å². The summed E-state index contributed by atoms with van der Waals surface area (Å²) in [6.07, 6.45) is 3.04. The summed E-state index contributed by atoms with van der Waals surface area (Å²) in [4.78, 5) is 25.2. The summed E-state index contributed by atoms with van der Waals surface area (Å²) < 4.78 is 76.1. The van der Waals surface area contributed by atoms with Crippen molar-refractivity contribution < 1.29 is 51.0 Å². The summed E-state index contributed by atoms with van der Waals surface area (Å²) >= 11 is 0. The maximum atomic E-state index is 13.8. The van der Waals surface area contributed by atoms with Gasteiger partial charge in [-0.05, 0) is 60.4 Å². The first-order valence-corrected chi connectivity index (χ1v) is 20.5. The number of hydroxylamine groups is 2. The van der Waals surface area contributed by atoms with Crippen LogP contribution in [0, 0.1) is 11.8 Å². The number of hydrogen-bond donors (Lipinski definition) is 4. The van der Waals surface area contributed by atoms with E-state index in [-0.39, 0.29) is 60.6 Å². The first-order chi connectivity index (χ1) is 27.1. The average molecular weight is 837 g/mol. The third-order valence-corrected chi connectivity index (χ3v) is 12.4. The topological polar surface area (TPSA) is 263 Å². The van der Waals surface area contributed by atoms with E-state index >= 15 is 0 Å². The number of aromatic nitrogens is 6. The number of sulfonamides is 2. The van der Waals surface area contributed by atoms with Crippen LogP contribution in [-0.2, 0) is 60.6 Å². The van der Waals surface area contributed by atoms with Crippen molar-refractivity contribution in [3.05, 3.63) is 72.3 Å². The molecule has 0 saturated heterocycles. The fourth-order valence-electron chi connectivity index (χ4n) is 5.87. The Morgan fingerprint density at radius 2 is 1.02 bits per heavy atom. The van der Waals surface area contributed by atoms with Crippen LogP contribution in [0.15, 0.2) is 70.7 Å². The molecule has 2 heterocycles. The number of nitrogens with zero attached hydrogens (tertiary/aromatic N) is 8. The van der Waals surface area contributed by atoms with E-state index in [9.17, 15) is 36.8 Å². The smallest absolute Gasteiger partial charge is 0.262 e. The molecule has 4 aromatic rings. The van der Waals surface area contributed by atoms with Gasteiger partial charge in [0.2, 0.25) is 20.0 Å². The van der Waals surface area contributed by atoms with Crippen molar-refractivity contribution in [3.63, 3.8) is 0 Å². The summed E-state index contributed by atoms with van der Waals surface area (Å²) in [7, 11) is -5.66. The van der Waals surface area contributed by atoms with E-state index in [0.29, 0.717) is 11.5 Å². The Hall–Kier alpha value is -5.04. The highest BCUT2D eigenvalue weighted by Gasteiger charge is 2.40. The zero-order valence-corrected chi connectivity index (χ0v) is 33.9. The molecule has 4 N–H and O–H groups in total. The average Bonchev–Trinajstić information content (AvgIpc) is 3.85. The number of benzene rings is 2. The number of nitrogens with one attached hydrogen (secondary N) is 2. The minimum absolute atomic E-state index is 0.0928. The lowest BCUT2D eigenvalue weighted by Crippen LogP contribution is -2.51. The van der Waals surface area contributed by atoms with Gasteiger partial charge in [0.15, 0.2) is 0 Å². The third-order valence-electron chi connectivity index (χ3n) is 8.71. The maximum Gasteiger partial charge on any atom is 0.262 e. The molecule has 2 amide bonds. The molecule has 0 spiro atoms. The zero-order chi connectivity index (χ0) is 41.9. The van der Waals surface area contributed by atoms with Crippen LogP contribution in [-0.4, -0.2) is 117 Å². The molecule has 0 bridgehead atoms. The summed E-state index contributed by atoms with van der Waals surface area (Å²) in [5.74, 6) is -2.01. The molecule has 0 saturated carbocycles. The molecule has 4 rings (SSSR count). The van der Waals surface area contributed by atoms with Gasteiger partial charge in [-0.2, -0.15) is 8.61 Å². The molecule has 0 aliphatic rings. The van der Waals surface area contributed by atoms with Gasteiger partial charge in [0.25, 0.3) is 11.8 Å². The van der Waals surface area contributed by atoms with Gasteiger partial charge in [-0.1, -0.05) is 38.1 Å². The quantitative estimate of drug-likeness (QED) is 0.0490. The lowest BCUT2D eigenvalue weighted by Gasteiger charge is -2.31. The minimum Gasteiger partial charge on any atom is -0.497 e. The predicted molar refractivity (Wildman–Crippen MR) is 199 cm³/mol. The minimum atomic E-state index is -4.28. The Labute approximate surface area is 330 Å². The number of carbonyl (C=O) groups is 2. The Kier molecular flexibility index (Phi) is 15.6. The van der Waals surface area contributed by atoms with Crippen molar-refractivity contribution in [1.82, 2.24) is 49.6 Å². The predicted octanol–water partition coefficient (Wildman–Crippen LogP) is 1.05. The van der Waals surface area contributed by atoms with Gasteiger partial charge in [0.05, 0.1) is 74.8 Å². The molecule has 0 aliphatic carbocycles. The first-order valence-electron chi connectivity index (χ1n) is 17.6. The molecule has 312 valence electrons. The van der Waals surface area contributed by atoms with Crippen molar-refractivity contribution >= 4 is 31.9 Å². The fraction of sp³-hybridized carbons (Fsp3) is 0.471. The highest BCUT2D eigenvalue weighted by Crippen LogP contribution is 2.27. The highest BCUT2D eigenvalue weighted by molar-refractivity contribution is 7.89. The van der Waals surface area contributed by atoms with Crippen molar-refractivity contribution in [2.24, 2.45) is 11.8 Å². The number of ether oxygens (including phenoxy) is 3. The number of methoxy groups -OCH3 is 2. The molecule has 2 atom stereocenters. The molecular formula is C34H48N10O11S2. The molecule has 0 unspecified atom stereocenters. The Bertz CT molecular complexity index is 1990. The van der Waals surface area contributed by atoms with Gasteiger partial charge < -0.3 is 14.2 Å². The van der Waals surface area contributed by atoms with Crippen molar-refractivity contribution in [1.29, 1.82) is 0 Å². The highest BCUT2D eigenvalue weighted by atomic mass is 32.2. The molecule has 0 aliphatic heterocycles. The van der Waals surface area contributed by atoms with E-state index in [1.807, 2.05) is 0 Å².